The Morgan fingerprint density at radius 3 is 3.00 bits per heavy atom. The van der Waals surface area contributed by atoms with Crippen molar-refractivity contribution in [2.24, 2.45) is 4.99 Å². The van der Waals surface area contributed by atoms with E-state index in [4.69, 9.17) is 0 Å². The third kappa shape index (κ3) is 3.45. The number of benzene rings is 1. The minimum atomic E-state index is -0.360. The van der Waals surface area contributed by atoms with E-state index >= 15 is 0 Å². The number of amides is 2. The molecule has 1 aromatic rings. The summed E-state index contributed by atoms with van der Waals surface area (Å²) in [6.45, 7) is 0.893. The number of aliphatic imine (C=N–C) groups is 1. The zero-order valence-electron chi connectivity index (χ0n) is 9.07. The van der Waals surface area contributed by atoms with E-state index in [0.717, 1.165) is 12.3 Å². The van der Waals surface area contributed by atoms with Crippen LogP contribution in [0.15, 0.2) is 29.3 Å². The molecule has 0 unspecified atom stereocenters. The molecule has 0 spiro atoms. The topological polar surface area (TPSA) is 53.5 Å². The summed E-state index contributed by atoms with van der Waals surface area (Å²) in [4.78, 5) is 15.5. The zero-order valence-corrected chi connectivity index (χ0v) is 9.89. The standard InChI is InChI=1S/C11H12FN3OS/c12-9-4-2-1-3-8(9)7-14-10(16)15-11-13-5-6-17-11/h1-4H,5-7H2,(H2,13,14,15,16). The summed E-state index contributed by atoms with van der Waals surface area (Å²) in [5.41, 5.74) is 0.462. The van der Waals surface area contributed by atoms with Crippen LogP contribution in [0.5, 0.6) is 0 Å². The number of thioether (sulfide) groups is 1. The van der Waals surface area contributed by atoms with Gasteiger partial charge in [0.25, 0.3) is 0 Å². The number of halogens is 1. The highest BCUT2D eigenvalue weighted by Gasteiger charge is 2.10. The Hall–Kier alpha value is -1.56. The second kappa shape index (κ2) is 5.67. The molecule has 6 heteroatoms. The maximum absolute atomic E-state index is 13.2. The highest BCUT2D eigenvalue weighted by Crippen LogP contribution is 2.09. The normalized spacial score (nSPS) is 14.3. The lowest BCUT2D eigenvalue weighted by Gasteiger charge is -2.07. The van der Waals surface area contributed by atoms with Gasteiger partial charge in [-0.1, -0.05) is 30.0 Å². The summed E-state index contributed by atoms with van der Waals surface area (Å²) in [6.07, 6.45) is 0. The van der Waals surface area contributed by atoms with Crippen LogP contribution in [0.4, 0.5) is 9.18 Å². The van der Waals surface area contributed by atoms with Crippen LogP contribution in [0.2, 0.25) is 0 Å². The third-order valence-corrected chi connectivity index (χ3v) is 3.09. The molecule has 4 nitrogen and oxygen atoms in total. The van der Waals surface area contributed by atoms with Gasteiger partial charge < -0.3 is 5.32 Å². The molecular formula is C11H12FN3OS. The zero-order chi connectivity index (χ0) is 12.1. The van der Waals surface area contributed by atoms with Crippen LogP contribution in [0.3, 0.4) is 0 Å². The average Bonchev–Trinajstić information content (AvgIpc) is 2.81. The van der Waals surface area contributed by atoms with Crippen molar-refractivity contribution in [3.8, 4) is 0 Å². The van der Waals surface area contributed by atoms with E-state index in [1.807, 2.05) is 0 Å². The van der Waals surface area contributed by atoms with E-state index < -0.39 is 0 Å². The molecule has 2 rings (SSSR count). The van der Waals surface area contributed by atoms with Gasteiger partial charge in [0.05, 0.1) is 6.54 Å². The second-order valence-corrected chi connectivity index (χ2v) is 4.52. The van der Waals surface area contributed by atoms with Crippen molar-refractivity contribution in [3.63, 3.8) is 0 Å². The van der Waals surface area contributed by atoms with Crippen LogP contribution in [0, 0.1) is 5.82 Å². The number of urea groups is 1. The highest BCUT2D eigenvalue weighted by atomic mass is 32.2. The summed E-state index contributed by atoms with van der Waals surface area (Å²) < 4.78 is 13.2. The Bertz CT molecular complexity index is 450. The number of hydrogen-bond acceptors (Lipinski definition) is 3. The van der Waals surface area contributed by atoms with Gasteiger partial charge in [-0.3, -0.25) is 10.3 Å². The van der Waals surface area contributed by atoms with Crippen LogP contribution in [-0.2, 0) is 6.54 Å². The fraction of sp³-hybridized carbons (Fsp3) is 0.273. The van der Waals surface area contributed by atoms with Crippen LogP contribution < -0.4 is 10.6 Å². The summed E-state index contributed by atoms with van der Waals surface area (Å²) in [6, 6.07) is 5.99. The third-order valence-electron chi connectivity index (χ3n) is 2.20. The van der Waals surface area contributed by atoms with Crippen LogP contribution in [-0.4, -0.2) is 23.5 Å². The second-order valence-electron chi connectivity index (χ2n) is 3.43. The smallest absolute Gasteiger partial charge is 0.321 e. The lowest BCUT2D eigenvalue weighted by Crippen LogP contribution is -2.37. The van der Waals surface area contributed by atoms with E-state index in [2.05, 4.69) is 15.6 Å². The minimum absolute atomic E-state index is 0.163. The van der Waals surface area contributed by atoms with E-state index in [1.54, 1.807) is 18.2 Å². The Morgan fingerprint density at radius 1 is 1.47 bits per heavy atom. The monoisotopic (exact) mass is 253 g/mol. The van der Waals surface area contributed by atoms with Crippen molar-refractivity contribution >= 4 is 23.0 Å². The molecule has 0 radical (unpaired) electrons. The van der Waals surface area contributed by atoms with Gasteiger partial charge in [0.1, 0.15) is 5.82 Å². The fourth-order valence-corrected chi connectivity index (χ4v) is 2.09. The lowest BCUT2D eigenvalue weighted by molar-refractivity contribution is 0.245. The predicted molar refractivity (Wildman–Crippen MR) is 66.5 cm³/mol. The summed E-state index contributed by atoms with van der Waals surface area (Å²) in [5, 5.41) is 5.81. The first-order valence-corrected chi connectivity index (χ1v) is 6.20. The summed E-state index contributed by atoms with van der Waals surface area (Å²) in [5.74, 6) is 0.573. The van der Waals surface area contributed by atoms with Gasteiger partial charge in [-0.2, -0.15) is 0 Å². The maximum Gasteiger partial charge on any atom is 0.321 e. The molecular weight excluding hydrogens is 241 g/mol. The summed E-state index contributed by atoms with van der Waals surface area (Å²) >= 11 is 1.50. The molecule has 1 heterocycles. The number of nitrogens with one attached hydrogen (secondary N) is 2. The van der Waals surface area contributed by atoms with Crippen molar-refractivity contribution in [2.45, 2.75) is 6.54 Å². The van der Waals surface area contributed by atoms with E-state index in [0.29, 0.717) is 10.7 Å². The Balaban J connectivity index is 1.82. The highest BCUT2D eigenvalue weighted by molar-refractivity contribution is 8.14. The van der Waals surface area contributed by atoms with Gasteiger partial charge in [-0.05, 0) is 6.07 Å². The van der Waals surface area contributed by atoms with Crippen molar-refractivity contribution < 1.29 is 9.18 Å². The average molecular weight is 253 g/mol. The number of carbonyl (C=O) groups excluding carboxylic acids is 1. The molecule has 2 N–H and O–H groups in total. The van der Waals surface area contributed by atoms with Gasteiger partial charge >= 0.3 is 6.03 Å². The molecule has 1 aliphatic heterocycles. The van der Waals surface area contributed by atoms with Crippen LogP contribution in [0.1, 0.15) is 5.56 Å². The maximum atomic E-state index is 13.2. The van der Waals surface area contributed by atoms with Crippen LogP contribution in [0.25, 0.3) is 0 Å². The first kappa shape index (κ1) is 11.9. The van der Waals surface area contributed by atoms with Gasteiger partial charge in [-0.25, -0.2) is 9.18 Å². The molecule has 0 aromatic heterocycles. The molecule has 0 saturated heterocycles. The molecule has 0 bridgehead atoms. The van der Waals surface area contributed by atoms with E-state index in [-0.39, 0.29) is 18.4 Å². The van der Waals surface area contributed by atoms with Gasteiger partial charge in [0.2, 0.25) is 0 Å². The molecule has 1 aromatic carbocycles. The number of nitrogens with zero attached hydrogens (tertiary/aromatic N) is 1. The first-order valence-electron chi connectivity index (χ1n) is 5.21. The Labute approximate surface area is 103 Å². The molecule has 2 amide bonds. The van der Waals surface area contributed by atoms with Gasteiger partial charge in [-0.15, -0.1) is 0 Å². The van der Waals surface area contributed by atoms with Gasteiger partial charge in [0.15, 0.2) is 5.17 Å². The number of rotatable bonds is 2. The van der Waals surface area contributed by atoms with Crippen molar-refractivity contribution in [1.82, 2.24) is 10.6 Å². The van der Waals surface area contributed by atoms with Crippen molar-refractivity contribution in [1.29, 1.82) is 0 Å². The SMILES string of the molecule is O=C(NCc1ccccc1F)NC1=NCCS1. The minimum Gasteiger partial charge on any atom is -0.334 e. The van der Waals surface area contributed by atoms with Crippen molar-refractivity contribution in [3.05, 3.63) is 35.6 Å². The lowest BCUT2D eigenvalue weighted by atomic mass is 10.2. The number of carbonyl (C=O) groups is 1. The molecule has 0 fully saturated rings. The molecule has 1 aliphatic rings. The van der Waals surface area contributed by atoms with Gasteiger partial charge in [0, 0.05) is 17.9 Å². The Kier molecular flexibility index (Phi) is 3.98. The predicted octanol–water partition coefficient (Wildman–Crippen LogP) is 1.73. The first-order chi connectivity index (χ1) is 8.25. The number of hydrogen-bond donors (Lipinski definition) is 2. The molecule has 0 saturated carbocycles. The molecule has 0 aliphatic carbocycles. The quantitative estimate of drug-likeness (QED) is 0.843. The molecule has 17 heavy (non-hydrogen) atoms. The largest absolute Gasteiger partial charge is 0.334 e. The van der Waals surface area contributed by atoms with E-state index in [9.17, 15) is 9.18 Å². The molecule has 90 valence electrons. The number of amidine groups is 1. The Morgan fingerprint density at radius 2 is 2.29 bits per heavy atom. The van der Waals surface area contributed by atoms with Crippen LogP contribution >= 0.6 is 11.8 Å². The summed E-state index contributed by atoms with van der Waals surface area (Å²) in [7, 11) is 0. The fourth-order valence-electron chi connectivity index (χ4n) is 1.37. The van der Waals surface area contributed by atoms with E-state index in [1.165, 1.54) is 17.8 Å². The molecule has 0 atom stereocenters. The van der Waals surface area contributed by atoms with Crippen molar-refractivity contribution in [2.75, 3.05) is 12.3 Å².